The van der Waals surface area contributed by atoms with E-state index >= 15 is 4.39 Å². The van der Waals surface area contributed by atoms with Gasteiger partial charge in [-0.05, 0) is 49.7 Å². The summed E-state index contributed by atoms with van der Waals surface area (Å²) in [6.07, 6.45) is 4.32. The van der Waals surface area contributed by atoms with E-state index in [4.69, 9.17) is 27.5 Å². The first-order valence-corrected chi connectivity index (χ1v) is 12.2. The Morgan fingerprint density at radius 2 is 2.03 bits per heavy atom. The van der Waals surface area contributed by atoms with E-state index in [1.807, 2.05) is 30.0 Å². The van der Waals surface area contributed by atoms with Crippen molar-refractivity contribution in [2.45, 2.75) is 44.3 Å². The Hall–Kier alpha value is -2.65. The molecule has 0 unspecified atom stereocenters. The van der Waals surface area contributed by atoms with Crippen molar-refractivity contribution in [1.29, 1.82) is 5.41 Å². The molecule has 2 saturated heterocycles. The average Bonchev–Trinajstić information content (AvgIpc) is 3.20. The number of rotatable bonds is 7. The lowest BCUT2D eigenvalue weighted by atomic mass is 9.90. The van der Waals surface area contributed by atoms with Crippen LogP contribution >= 0.6 is 11.6 Å². The maximum atomic E-state index is 15.7. The zero-order valence-corrected chi connectivity index (χ0v) is 20.2. The molecule has 0 aliphatic carbocycles. The standard InChI is InChI=1S/C24H32ClFN6O2/c1-2-34-23-29-20-13-18(25)3-4-21(20)32(23)19-5-9-31(10-6-19)22(33)24(26)7-11-30(12-8-24)16-17(14-27)15-28/h3-4,13-15,19,27H,2,5-12,16,28H2,1H3/b17-15+,27-14?. The van der Waals surface area contributed by atoms with Crippen molar-refractivity contribution in [3.05, 3.63) is 35.0 Å². The van der Waals surface area contributed by atoms with Crippen molar-refractivity contribution in [3.63, 3.8) is 0 Å². The molecule has 2 aliphatic heterocycles. The van der Waals surface area contributed by atoms with Crippen LogP contribution in [0, 0.1) is 5.41 Å². The molecule has 3 heterocycles. The third kappa shape index (κ3) is 4.90. The summed E-state index contributed by atoms with van der Waals surface area (Å²) in [6, 6.07) is 6.26. The fourth-order valence-corrected chi connectivity index (χ4v) is 5.09. The molecule has 8 nitrogen and oxygen atoms in total. The van der Waals surface area contributed by atoms with Crippen molar-refractivity contribution in [1.82, 2.24) is 19.4 Å². The number of benzene rings is 1. The Morgan fingerprint density at radius 1 is 1.32 bits per heavy atom. The van der Waals surface area contributed by atoms with Gasteiger partial charge in [0.1, 0.15) is 0 Å². The minimum absolute atomic E-state index is 0.108. The molecule has 0 saturated carbocycles. The highest BCUT2D eigenvalue weighted by atomic mass is 35.5. The highest BCUT2D eigenvalue weighted by Gasteiger charge is 2.45. The predicted molar refractivity (Wildman–Crippen MR) is 131 cm³/mol. The number of nitrogens with zero attached hydrogens (tertiary/aromatic N) is 4. The van der Waals surface area contributed by atoms with E-state index in [0.717, 1.165) is 11.0 Å². The first-order chi connectivity index (χ1) is 16.4. The number of hydrogen-bond acceptors (Lipinski definition) is 6. The molecule has 2 aromatic rings. The van der Waals surface area contributed by atoms with Gasteiger partial charge in [0.15, 0.2) is 5.67 Å². The summed E-state index contributed by atoms with van der Waals surface area (Å²) in [4.78, 5) is 21.4. The molecular formula is C24H32ClFN6O2. The van der Waals surface area contributed by atoms with E-state index in [-0.39, 0.29) is 18.9 Å². The normalized spacial score (nSPS) is 20.0. The van der Waals surface area contributed by atoms with E-state index in [1.165, 1.54) is 12.4 Å². The van der Waals surface area contributed by atoms with Crippen LogP contribution in [0.5, 0.6) is 6.01 Å². The van der Waals surface area contributed by atoms with Gasteiger partial charge in [0.05, 0.1) is 17.6 Å². The predicted octanol–water partition coefficient (Wildman–Crippen LogP) is 3.55. The van der Waals surface area contributed by atoms with Gasteiger partial charge in [0.2, 0.25) is 0 Å². The molecular weight excluding hydrogens is 459 g/mol. The maximum absolute atomic E-state index is 15.7. The van der Waals surface area contributed by atoms with Gasteiger partial charge >= 0.3 is 0 Å². The number of carbonyl (C=O) groups is 1. The molecule has 0 spiro atoms. The van der Waals surface area contributed by atoms with Crippen molar-refractivity contribution in [2.24, 2.45) is 5.73 Å². The average molecular weight is 491 g/mol. The minimum atomic E-state index is -1.84. The summed E-state index contributed by atoms with van der Waals surface area (Å²) in [5, 5.41) is 7.98. The molecule has 34 heavy (non-hydrogen) atoms. The summed E-state index contributed by atoms with van der Waals surface area (Å²) in [7, 11) is 0. The van der Waals surface area contributed by atoms with Gasteiger partial charge < -0.3 is 20.8 Å². The number of halogens is 2. The van der Waals surface area contributed by atoms with Gasteiger partial charge in [-0.15, -0.1) is 0 Å². The highest BCUT2D eigenvalue weighted by molar-refractivity contribution is 6.31. The zero-order chi connectivity index (χ0) is 24.3. The van der Waals surface area contributed by atoms with Crippen molar-refractivity contribution in [3.8, 4) is 6.01 Å². The Balaban J connectivity index is 1.40. The molecule has 1 amide bonds. The largest absolute Gasteiger partial charge is 0.465 e. The van der Waals surface area contributed by atoms with Crippen LogP contribution in [0.25, 0.3) is 11.0 Å². The second-order valence-corrected chi connectivity index (χ2v) is 9.42. The molecule has 10 heteroatoms. The number of hydrogen-bond donors (Lipinski definition) is 2. The third-order valence-corrected chi connectivity index (χ3v) is 7.08. The summed E-state index contributed by atoms with van der Waals surface area (Å²) in [5.74, 6) is -0.403. The fourth-order valence-electron chi connectivity index (χ4n) is 4.93. The number of imidazole rings is 1. The number of likely N-dealkylation sites (tertiary alicyclic amines) is 2. The summed E-state index contributed by atoms with van der Waals surface area (Å²) >= 11 is 6.14. The summed E-state index contributed by atoms with van der Waals surface area (Å²) in [6.45, 7) is 4.83. The number of fused-ring (bicyclic) bond motifs is 1. The molecule has 2 fully saturated rings. The molecule has 0 radical (unpaired) electrons. The number of piperidine rings is 2. The molecule has 1 aromatic carbocycles. The van der Waals surface area contributed by atoms with Gasteiger partial charge in [0.25, 0.3) is 11.9 Å². The van der Waals surface area contributed by atoms with Crippen LogP contribution in [0.2, 0.25) is 5.02 Å². The minimum Gasteiger partial charge on any atom is -0.465 e. The van der Waals surface area contributed by atoms with Crippen LogP contribution < -0.4 is 10.5 Å². The van der Waals surface area contributed by atoms with Crippen molar-refractivity contribution in [2.75, 3.05) is 39.3 Å². The summed E-state index contributed by atoms with van der Waals surface area (Å²) < 4.78 is 23.5. The van der Waals surface area contributed by atoms with E-state index in [1.54, 1.807) is 4.90 Å². The number of carbonyl (C=O) groups excluding carboxylic acids is 1. The molecule has 2 aliphatic rings. The SMILES string of the molecule is CCOc1nc2cc(Cl)ccc2n1C1CCN(C(=O)C2(F)CCN(C/C(C=N)=C/N)CC2)CC1. The maximum Gasteiger partial charge on any atom is 0.297 e. The highest BCUT2D eigenvalue weighted by Crippen LogP contribution is 2.35. The number of nitrogens with two attached hydrogens (primary N) is 1. The molecule has 4 rings (SSSR count). The van der Waals surface area contributed by atoms with Gasteiger partial charge in [-0.25, -0.2) is 4.39 Å². The molecule has 3 N–H and O–H groups in total. The third-order valence-electron chi connectivity index (χ3n) is 6.85. The van der Waals surface area contributed by atoms with E-state index in [0.29, 0.717) is 68.8 Å². The smallest absolute Gasteiger partial charge is 0.297 e. The lowest BCUT2D eigenvalue weighted by Crippen LogP contribution is -2.54. The number of nitrogens with one attached hydrogen (secondary N) is 1. The van der Waals surface area contributed by atoms with E-state index < -0.39 is 11.6 Å². The first-order valence-electron chi connectivity index (χ1n) is 11.8. The van der Waals surface area contributed by atoms with Crippen LogP contribution in [0.15, 0.2) is 30.0 Å². The number of ether oxygens (including phenoxy) is 1. The Kier molecular flexibility index (Phi) is 7.42. The Labute approximate surface area is 204 Å². The number of alkyl halides is 1. The quantitative estimate of drug-likeness (QED) is 0.578. The molecule has 0 bridgehead atoms. The summed E-state index contributed by atoms with van der Waals surface area (Å²) in [5.41, 5.74) is 6.08. The van der Waals surface area contributed by atoms with Gasteiger partial charge in [0, 0.05) is 62.8 Å². The van der Waals surface area contributed by atoms with Crippen LogP contribution in [-0.4, -0.2) is 76.5 Å². The van der Waals surface area contributed by atoms with Gasteiger partial charge in [-0.1, -0.05) is 11.6 Å². The van der Waals surface area contributed by atoms with E-state index in [9.17, 15) is 4.79 Å². The molecule has 184 valence electrons. The topological polar surface area (TPSA) is 100 Å². The van der Waals surface area contributed by atoms with Crippen LogP contribution in [0.4, 0.5) is 4.39 Å². The van der Waals surface area contributed by atoms with Crippen molar-refractivity contribution < 1.29 is 13.9 Å². The zero-order valence-electron chi connectivity index (χ0n) is 19.5. The van der Waals surface area contributed by atoms with Crippen LogP contribution in [0.3, 0.4) is 0 Å². The Bertz CT molecular complexity index is 1070. The second kappa shape index (κ2) is 10.3. The first kappa shape index (κ1) is 24.5. The van der Waals surface area contributed by atoms with E-state index in [2.05, 4.69) is 9.55 Å². The lowest BCUT2D eigenvalue weighted by Gasteiger charge is -2.40. The second-order valence-electron chi connectivity index (χ2n) is 8.98. The van der Waals surface area contributed by atoms with Gasteiger partial charge in [-0.3, -0.25) is 14.3 Å². The Morgan fingerprint density at radius 3 is 2.65 bits per heavy atom. The van der Waals surface area contributed by atoms with Crippen LogP contribution in [-0.2, 0) is 4.79 Å². The van der Waals surface area contributed by atoms with Gasteiger partial charge in [-0.2, -0.15) is 4.98 Å². The molecule has 1 aromatic heterocycles. The van der Waals surface area contributed by atoms with Crippen LogP contribution in [0.1, 0.15) is 38.6 Å². The van der Waals surface area contributed by atoms with Crippen molar-refractivity contribution >= 4 is 34.8 Å². The monoisotopic (exact) mass is 490 g/mol. The fraction of sp³-hybridized carbons (Fsp3) is 0.542. The molecule has 0 atom stereocenters. The number of aromatic nitrogens is 2. The lowest BCUT2D eigenvalue weighted by molar-refractivity contribution is -0.148. The number of amides is 1.